The third-order valence-electron chi connectivity index (χ3n) is 3.02. The van der Waals surface area contributed by atoms with Crippen LogP contribution in [0.2, 0.25) is 0 Å². The molecule has 0 fully saturated rings. The Hall–Kier alpha value is -1.81. The monoisotopic (exact) mass is 259 g/mol. The molecule has 4 nitrogen and oxygen atoms in total. The van der Waals surface area contributed by atoms with Crippen LogP contribution in [0, 0.1) is 0 Å². The number of hydrogen-bond donors (Lipinski definition) is 1. The molecule has 19 heavy (non-hydrogen) atoms. The normalized spacial score (nSPS) is 11.0. The molecule has 0 aliphatic carbocycles. The lowest BCUT2D eigenvalue weighted by Crippen LogP contribution is -2.22. The van der Waals surface area contributed by atoms with Crippen LogP contribution in [0.25, 0.3) is 11.1 Å². The van der Waals surface area contributed by atoms with Crippen molar-refractivity contribution in [1.29, 1.82) is 0 Å². The number of nitrogens with one attached hydrogen (secondary N) is 1. The number of hydrogen-bond acceptors (Lipinski definition) is 3. The molecule has 0 spiro atoms. The summed E-state index contributed by atoms with van der Waals surface area (Å²) >= 11 is 0. The Kier molecular flexibility index (Phi) is 4.22. The van der Waals surface area contributed by atoms with E-state index in [1.807, 2.05) is 30.2 Å². The van der Waals surface area contributed by atoms with Crippen molar-refractivity contribution in [2.75, 3.05) is 7.11 Å². The first-order valence-corrected chi connectivity index (χ1v) is 6.49. The van der Waals surface area contributed by atoms with Crippen LogP contribution in [0.15, 0.2) is 30.6 Å². The summed E-state index contributed by atoms with van der Waals surface area (Å²) in [7, 11) is 3.63. The molecule has 0 amide bonds. The quantitative estimate of drug-likeness (QED) is 0.897. The Morgan fingerprint density at radius 2 is 2.11 bits per heavy atom. The number of aromatic nitrogens is 2. The van der Waals surface area contributed by atoms with Gasteiger partial charge in [-0.1, -0.05) is 19.9 Å². The van der Waals surface area contributed by atoms with Gasteiger partial charge in [-0.15, -0.1) is 0 Å². The number of nitrogens with zero attached hydrogens (tertiary/aromatic N) is 2. The highest BCUT2D eigenvalue weighted by Gasteiger charge is 2.07. The maximum Gasteiger partial charge on any atom is 0.123 e. The molecule has 0 atom stereocenters. The molecule has 0 aliphatic rings. The van der Waals surface area contributed by atoms with Gasteiger partial charge in [0.25, 0.3) is 0 Å². The molecule has 0 saturated carbocycles. The van der Waals surface area contributed by atoms with Crippen LogP contribution in [-0.4, -0.2) is 22.9 Å². The zero-order chi connectivity index (χ0) is 13.8. The summed E-state index contributed by atoms with van der Waals surface area (Å²) in [5.41, 5.74) is 3.45. The van der Waals surface area contributed by atoms with E-state index < -0.39 is 0 Å². The zero-order valence-electron chi connectivity index (χ0n) is 12.0. The standard InChI is InChI=1S/C15H21N3O/c1-11(2)16-8-13-7-12(5-6-15(13)19-4)14-9-17-18(3)10-14/h5-7,9-11,16H,8H2,1-4H3. The van der Waals surface area contributed by atoms with E-state index in [2.05, 4.69) is 36.4 Å². The van der Waals surface area contributed by atoms with Crippen LogP contribution in [0.1, 0.15) is 19.4 Å². The molecule has 2 aromatic rings. The van der Waals surface area contributed by atoms with E-state index in [9.17, 15) is 0 Å². The highest BCUT2D eigenvalue weighted by Crippen LogP contribution is 2.26. The fourth-order valence-electron chi connectivity index (χ4n) is 1.98. The van der Waals surface area contributed by atoms with E-state index in [1.165, 1.54) is 0 Å². The van der Waals surface area contributed by atoms with Crippen molar-refractivity contribution in [3.05, 3.63) is 36.2 Å². The number of ether oxygens (including phenoxy) is 1. The zero-order valence-corrected chi connectivity index (χ0v) is 12.0. The lowest BCUT2D eigenvalue weighted by molar-refractivity contribution is 0.406. The Bertz CT molecular complexity index is 546. The first-order valence-electron chi connectivity index (χ1n) is 6.49. The minimum absolute atomic E-state index is 0.451. The Labute approximate surface area is 114 Å². The van der Waals surface area contributed by atoms with Gasteiger partial charge >= 0.3 is 0 Å². The van der Waals surface area contributed by atoms with Gasteiger partial charge in [0, 0.05) is 37.0 Å². The molecule has 1 N–H and O–H groups in total. The summed E-state index contributed by atoms with van der Waals surface area (Å²) in [6.45, 7) is 5.07. The Balaban J connectivity index is 2.29. The minimum Gasteiger partial charge on any atom is -0.496 e. The van der Waals surface area contributed by atoms with E-state index in [-0.39, 0.29) is 0 Å². The maximum absolute atomic E-state index is 5.41. The molecule has 0 unspecified atom stereocenters. The van der Waals surface area contributed by atoms with Crippen molar-refractivity contribution in [2.24, 2.45) is 7.05 Å². The summed E-state index contributed by atoms with van der Waals surface area (Å²) in [6, 6.07) is 6.69. The van der Waals surface area contributed by atoms with Gasteiger partial charge < -0.3 is 10.1 Å². The molecule has 4 heteroatoms. The lowest BCUT2D eigenvalue weighted by Gasteiger charge is -2.13. The Morgan fingerprint density at radius 3 is 2.68 bits per heavy atom. The van der Waals surface area contributed by atoms with E-state index in [4.69, 9.17) is 4.74 Å². The average Bonchev–Trinajstić information content (AvgIpc) is 2.82. The molecular weight excluding hydrogens is 238 g/mol. The number of rotatable bonds is 5. The molecule has 0 saturated heterocycles. The molecule has 102 valence electrons. The highest BCUT2D eigenvalue weighted by atomic mass is 16.5. The first-order chi connectivity index (χ1) is 9.10. The number of methoxy groups -OCH3 is 1. The van der Waals surface area contributed by atoms with Gasteiger partial charge in [0.05, 0.1) is 13.3 Å². The van der Waals surface area contributed by atoms with Gasteiger partial charge in [-0.2, -0.15) is 5.10 Å². The summed E-state index contributed by atoms with van der Waals surface area (Å²) in [4.78, 5) is 0. The smallest absolute Gasteiger partial charge is 0.123 e. The van der Waals surface area contributed by atoms with E-state index >= 15 is 0 Å². The largest absolute Gasteiger partial charge is 0.496 e. The van der Waals surface area contributed by atoms with Crippen LogP contribution < -0.4 is 10.1 Å². The number of aryl methyl sites for hydroxylation is 1. The highest BCUT2D eigenvalue weighted by molar-refractivity contribution is 5.64. The minimum atomic E-state index is 0.451. The Morgan fingerprint density at radius 1 is 1.32 bits per heavy atom. The second-order valence-corrected chi connectivity index (χ2v) is 4.96. The number of benzene rings is 1. The molecule has 0 aliphatic heterocycles. The molecular formula is C15H21N3O. The summed E-state index contributed by atoms with van der Waals surface area (Å²) in [6.07, 6.45) is 3.89. The van der Waals surface area contributed by atoms with Crippen molar-refractivity contribution in [2.45, 2.75) is 26.4 Å². The maximum atomic E-state index is 5.41. The van der Waals surface area contributed by atoms with Gasteiger partial charge in [0.2, 0.25) is 0 Å². The lowest BCUT2D eigenvalue weighted by atomic mass is 10.0. The van der Waals surface area contributed by atoms with Crippen LogP contribution in [0.3, 0.4) is 0 Å². The van der Waals surface area contributed by atoms with Gasteiger partial charge in [-0.25, -0.2) is 0 Å². The van der Waals surface area contributed by atoms with Gasteiger partial charge in [0.1, 0.15) is 5.75 Å². The van der Waals surface area contributed by atoms with Crippen molar-refractivity contribution in [3.8, 4) is 16.9 Å². The molecule has 1 heterocycles. The topological polar surface area (TPSA) is 39.1 Å². The van der Waals surface area contributed by atoms with Crippen LogP contribution >= 0.6 is 0 Å². The summed E-state index contributed by atoms with van der Waals surface area (Å²) in [5.74, 6) is 0.917. The summed E-state index contributed by atoms with van der Waals surface area (Å²) < 4.78 is 7.22. The predicted molar refractivity (Wildman–Crippen MR) is 77.2 cm³/mol. The molecule has 1 aromatic heterocycles. The van der Waals surface area contributed by atoms with E-state index in [0.29, 0.717) is 6.04 Å². The van der Waals surface area contributed by atoms with Crippen LogP contribution in [-0.2, 0) is 13.6 Å². The molecule has 1 aromatic carbocycles. The van der Waals surface area contributed by atoms with E-state index in [0.717, 1.165) is 29.0 Å². The van der Waals surface area contributed by atoms with Gasteiger partial charge in [-0.05, 0) is 17.7 Å². The van der Waals surface area contributed by atoms with Crippen LogP contribution in [0.5, 0.6) is 5.75 Å². The van der Waals surface area contributed by atoms with Crippen molar-refractivity contribution < 1.29 is 4.74 Å². The molecule has 0 radical (unpaired) electrons. The second kappa shape index (κ2) is 5.89. The molecule has 0 bridgehead atoms. The van der Waals surface area contributed by atoms with Crippen molar-refractivity contribution in [1.82, 2.24) is 15.1 Å². The second-order valence-electron chi connectivity index (χ2n) is 4.96. The average molecular weight is 259 g/mol. The van der Waals surface area contributed by atoms with Crippen molar-refractivity contribution in [3.63, 3.8) is 0 Å². The first kappa shape index (κ1) is 13.6. The predicted octanol–water partition coefficient (Wildman–Crippen LogP) is 2.59. The SMILES string of the molecule is COc1ccc(-c2cnn(C)c2)cc1CNC(C)C. The van der Waals surface area contributed by atoms with E-state index in [1.54, 1.807) is 7.11 Å². The third-order valence-corrected chi connectivity index (χ3v) is 3.02. The third kappa shape index (κ3) is 3.35. The molecule has 2 rings (SSSR count). The fourth-order valence-corrected chi connectivity index (χ4v) is 1.98. The van der Waals surface area contributed by atoms with Gasteiger partial charge in [-0.3, -0.25) is 4.68 Å². The fraction of sp³-hybridized carbons (Fsp3) is 0.400. The summed E-state index contributed by atoms with van der Waals surface area (Å²) in [5, 5.41) is 7.63. The van der Waals surface area contributed by atoms with Gasteiger partial charge in [0.15, 0.2) is 0 Å². The van der Waals surface area contributed by atoms with Crippen LogP contribution in [0.4, 0.5) is 0 Å². The van der Waals surface area contributed by atoms with Crippen molar-refractivity contribution >= 4 is 0 Å².